The topological polar surface area (TPSA) is 37.4 Å². The third kappa shape index (κ3) is 2.56. The summed E-state index contributed by atoms with van der Waals surface area (Å²) in [4.78, 5) is 2.44. The zero-order chi connectivity index (χ0) is 11.8. The molecule has 0 saturated carbocycles. The van der Waals surface area contributed by atoms with E-state index in [1.54, 1.807) is 12.1 Å². The molecule has 0 aromatic heterocycles. The van der Waals surface area contributed by atoms with Crippen molar-refractivity contribution in [2.75, 3.05) is 20.1 Å². The normalized spacial score (nSPS) is 22.5. The summed E-state index contributed by atoms with van der Waals surface area (Å²) in [6, 6.07) is 6.94. The zero-order valence-corrected chi connectivity index (χ0v) is 10.6. The van der Waals surface area contributed by atoms with Gasteiger partial charge in [0.1, 0.15) is 0 Å². The van der Waals surface area contributed by atoms with Crippen molar-refractivity contribution in [1.29, 1.82) is 0 Å². The molecule has 0 N–H and O–H groups in total. The average Bonchev–Trinajstić information content (AvgIpc) is 2.64. The van der Waals surface area contributed by atoms with Crippen LogP contribution in [0, 0.1) is 0 Å². The summed E-state index contributed by atoms with van der Waals surface area (Å²) in [5.74, 6) is 0.420. The van der Waals surface area contributed by atoms with Gasteiger partial charge in [0, 0.05) is 17.2 Å². The van der Waals surface area contributed by atoms with Gasteiger partial charge in [-0.25, -0.2) is 8.42 Å². The van der Waals surface area contributed by atoms with E-state index < -0.39 is 9.05 Å². The number of nitrogens with zero attached hydrogens (tertiary/aromatic N) is 1. The van der Waals surface area contributed by atoms with Crippen molar-refractivity contribution in [1.82, 2.24) is 4.90 Å². The molecule has 1 aliphatic rings. The third-order valence-electron chi connectivity index (χ3n) is 3.00. The first-order chi connectivity index (χ1) is 7.47. The second kappa shape index (κ2) is 4.35. The van der Waals surface area contributed by atoms with Crippen molar-refractivity contribution in [3.05, 3.63) is 29.8 Å². The van der Waals surface area contributed by atoms with Crippen LogP contribution in [0.3, 0.4) is 0 Å². The lowest BCUT2D eigenvalue weighted by Gasteiger charge is -2.11. The van der Waals surface area contributed by atoms with E-state index in [1.165, 1.54) is 6.07 Å². The number of halogens is 1. The van der Waals surface area contributed by atoms with Crippen LogP contribution in [0.1, 0.15) is 17.9 Å². The van der Waals surface area contributed by atoms with E-state index in [4.69, 9.17) is 10.7 Å². The fourth-order valence-corrected chi connectivity index (χ4v) is 2.93. The number of hydrogen-bond donors (Lipinski definition) is 0. The first kappa shape index (κ1) is 11.9. The summed E-state index contributed by atoms with van der Waals surface area (Å²) in [6.45, 7) is 2.04. The van der Waals surface area contributed by atoms with Crippen molar-refractivity contribution in [3.8, 4) is 0 Å². The molecule has 3 nitrogen and oxygen atoms in total. The molecule has 0 radical (unpaired) electrons. The van der Waals surface area contributed by atoms with E-state index in [9.17, 15) is 8.42 Å². The molecule has 1 aromatic rings. The summed E-state index contributed by atoms with van der Waals surface area (Å²) >= 11 is 0. The van der Waals surface area contributed by atoms with E-state index >= 15 is 0 Å². The maximum absolute atomic E-state index is 11.2. The molecule has 88 valence electrons. The van der Waals surface area contributed by atoms with Crippen LogP contribution in [0.5, 0.6) is 0 Å². The fraction of sp³-hybridized carbons (Fsp3) is 0.455. The van der Waals surface area contributed by atoms with Crippen LogP contribution in [-0.4, -0.2) is 33.5 Å². The number of rotatable bonds is 2. The van der Waals surface area contributed by atoms with Crippen molar-refractivity contribution < 1.29 is 8.42 Å². The Kier molecular flexibility index (Phi) is 3.24. The summed E-state index contributed by atoms with van der Waals surface area (Å²) in [5.41, 5.74) is 1.06. The molecule has 5 heteroatoms. The van der Waals surface area contributed by atoms with Crippen LogP contribution in [-0.2, 0) is 9.05 Å². The Labute approximate surface area is 100 Å². The van der Waals surface area contributed by atoms with E-state index in [0.717, 1.165) is 25.1 Å². The summed E-state index contributed by atoms with van der Waals surface area (Å²) in [5, 5.41) is 0. The molecule has 1 heterocycles. The molecular weight excluding hydrogens is 246 g/mol. The molecule has 2 rings (SSSR count). The molecule has 1 fully saturated rings. The van der Waals surface area contributed by atoms with E-state index in [0.29, 0.717) is 5.92 Å². The zero-order valence-electron chi connectivity index (χ0n) is 9.06. The minimum absolute atomic E-state index is 0.196. The Hall–Kier alpha value is -0.580. The molecular formula is C11H14ClNO2S. The monoisotopic (exact) mass is 259 g/mol. The Morgan fingerprint density at radius 3 is 2.75 bits per heavy atom. The van der Waals surface area contributed by atoms with Crippen molar-refractivity contribution in [3.63, 3.8) is 0 Å². The Morgan fingerprint density at radius 1 is 1.44 bits per heavy atom. The maximum atomic E-state index is 11.2. The molecule has 0 spiro atoms. The van der Waals surface area contributed by atoms with Crippen LogP contribution in [0.2, 0.25) is 0 Å². The van der Waals surface area contributed by atoms with Crippen LogP contribution < -0.4 is 0 Å². The number of likely N-dealkylation sites (tertiary alicyclic amines) is 1. The van der Waals surface area contributed by atoms with Gasteiger partial charge in [-0.2, -0.15) is 0 Å². The fourth-order valence-electron chi connectivity index (χ4n) is 2.13. The highest BCUT2D eigenvalue weighted by atomic mass is 35.7. The van der Waals surface area contributed by atoms with Gasteiger partial charge in [-0.1, -0.05) is 12.1 Å². The van der Waals surface area contributed by atoms with Gasteiger partial charge in [0.15, 0.2) is 0 Å². The SMILES string of the molecule is CN1CCC(c2cccc(S(=O)(=O)Cl)c2)C1. The summed E-state index contributed by atoms with van der Waals surface area (Å²) < 4.78 is 22.4. The van der Waals surface area contributed by atoms with Crippen LogP contribution in [0.4, 0.5) is 0 Å². The number of likely N-dealkylation sites (N-methyl/N-ethyl adjacent to an activating group) is 1. The van der Waals surface area contributed by atoms with Gasteiger partial charge in [-0.05, 0) is 43.6 Å². The predicted molar refractivity (Wildman–Crippen MR) is 64.3 cm³/mol. The second-order valence-corrected chi connectivity index (χ2v) is 6.82. The lowest BCUT2D eigenvalue weighted by Crippen LogP contribution is -2.13. The largest absolute Gasteiger partial charge is 0.306 e. The van der Waals surface area contributed by atoms with E-state index in [1.807, 2.05) is 6.07 Å². The lowest BCUT2D eigenvalue weighted by atomic mass is 9.99. The van der Waals surface area contributed by atoms with Crippen LogP contribution in [0.15, 0.2) is 29.2 Å². The van der Waals surface area contributed by atoms with E-state index in [2.05, 4.69) is 11.9 Å². The molecule has 1 saturated heterocycles. The highest BCUT2D eigenvalue weighted by Crippen LogP contribution is 2.28. The average molecular weight is 260 g/mol. The van der Waals surface area contributed by atoms with Crippen molar-refractivity contribution in [2.45, 2.75) is 17.2 Å². The molecule has 0 bridgehead atoms. The van der Waals surface area contributed by atoms with Crippen LogP contribution in [0.25, 0.3) is 0 Å². The van der Waals surface area contributed by atoms with Gasteiger partial charge < -0.3 is 4.90 Å². The third-order valence-corrected chi connectivity index (χ3v) is 4.35. The van der Waals surface area contributed by atoms with Gasteiger partial charge in [-0.15, -0.1) is 0 Å². The van der Waals surface area contributed by atoms with Gasteiger partial charge in [-0.3, -0.25) is 0 Å². The Bertz CT molecular complexity index is 487. The molecule has 1 atom stereocenters. The second-order valence-electron chi connectivity index (χ2n) is 4.26. The maximum Gasteiger partial charge on any atom is 0.261 e. The highest BCUT2D eigenvalue weighted by Gasteiger charge is 2.22. The molecule has 1 aromatic carbocycles. The minimum atomic E-state index is -3.61. The quantitative estimate of drug-likeness (QED) is 0.763. The van der Waals surface area contributed by atoms with Crippen LogP contribution >= 0.6 is 10.7 Å². The molecule has 0 amide bonds. The van der Waals surface area contributed by atoms with Gasteiger partial charge in [0.2, 0.25) is 0 Å². The summed E-state index contributed by atoms with van der Waals surface area (Å²) in [6.07, 6.45) is 1.07. The first-order valence-electron chi connectivity index (χ1n) is 5.20. The van der Waals surface area contributed by atoms with Crippen molar-refractivity contribution >= 4 is 19.7 Å². The van der Waals surface area contributed by atoms with E-state index in [-0.39, 0.29) is 4.90 Å². The first-order valence-corrected chi connectivity index (χ1v) is 7.51. The molecule has 0 aliphatic carbocycles. The lowest BCUT2D eigenvalue weighted by molar-refractivity contribution is 0.411. The summed E-state index contributed by atoms with van der Waals surface area (Å²) in [7, 11) is 3.79. The minimum Gasteiger partial charge on any atom is -0.306 e. The highest BCUT2D eigenvalue weighted by molar-refractivity contribution is 8.13. The predicted octanol–water partition coefficient (Wildman–Crippen LogP) is 2.03. The molecule has 16 heavy (non-hydrogen) atoms. The number of hydrogen-bond acceptors (Lipinski definition) is 3. The van der Waals surface area contributed by atoms with Crippen molar-refractivity contribution in [2.24, 2.45) is 0 Å². The van der Waals surface area contributed by atoms with Gasteiger partial charge in [0.25, 0.3) is 9.05 Å². The molecule has 1 aliphatic heterocycles. The number of benzene rings is 1. The van der Waals surface area contributed by atoms with Gasteiger partial charge >= 0.3 is 0 Å². The molecule has 1 unspecified atom stereocenters. The van der Waals surface area contributed by atoms with Gasteiger partial charge in [0.05, 0.1) is 4.90 Å². The standard InChI is InChI=1S/C11H14ClNO2S/c1-13-6-5-10(8-13)9-3-2-4-11(7-9)16(12,14)15/h2-4,7,10H,5-6,8H2,1H3. The Balaban J connectivity index is 2.30. The Morgan fingerprint density at radius 2 is 2.19 bits per heavy atom. The smallest absolute Gasteiger partial charge is 0.261 e.